The van der Waals surface area contributed by atoms with Crippen LogP contribution >= 0.6 is 0 Å². The molecule has 1 rings (SSSR count). The van der Waals surface area contributed by atoms with Gasteiger partial charge in [0.25, 0.3) is 5.82 Å². The van der Waals surface area contributed by atoms with Crippen molar-refractivity contribution in [1.29, 1.82) is 0 Å². The van der Waals surface area contributed by atoms with Gasteiger partial charge in [-0.2, -0.15) is 0 Å². The van der Waals surface area contributed by atoms with E-state index in [0.29, 0.717) is 0 Å². The Morgan fingerprint density at radius 2 is 2.62 bits per heavy atom. The molecule has 0 saturated heterocycles. The van der Waals surface area contributed by atoms with Gasteiger partial charge in [-0.25, -0.2) is 4.79 Å². The smallest absolute Gasteiger partial charge is 0.380 e. The van der Waals surface area contributed by atoms with E-state index in [2.05, 4.69) is 37.7 Å². The van der Waals surface area contributed by atoms with Crippen LogP contribution in [-0.2, 0) is 4.74 Å². The van der Waals surface area contributed by atoms with Gasteiger partial charge in [0, 0.05) is 5.87 Å². The maximum Gasteiger partial charge on any atom is 0.380 e. The average Bonchev–Trinajstić information content (AvgIpc) is 2.54. The SMILES string of the molecule is C=C=Nn1nnc(C(=O)OCC)n1. The molecule has 0 aliphatic heterocycles. The molecule has 0 spiro atoms. The Morgan fingerprint density at radius 1 is 1.85 bits per heavy atom. The molecule has 0 unspecified atom stereocenters. The fraction of sp³-hybridized carbons (Fsp3) is 0.333. The predicted molar refractivity (Wildman–Crippen MR) is 42.2 cm³/mol. The molecular formula is C6H7N5O2. The quantitative estimate of drug-likeness (QED) is 0.462. The van der Waals surface area contributed by atoms with Crippen molar-refractivity contribution in [1.82, 2.24) is 20.3 Å². The number of esters is 1. The summed E-state index contributed by atoms with van der Waals surface area (Å²) in [4.78, 5) is 11.8. The Balaban J connectivity index is 2.79. The van der Waals surface area contributed by atoms with Crippen LogP contribution in [0.25, 0.3) is 0 Å². The van der Waals surface area contributed by atoms with Gasteiger partial charge < -0.3 is 4.74 Å². The first-order valence-electron chi connectivity index (χ1n) is 3.48. The van der Waals surface area contributed by atoms with E-state index in [1.807, 2.05) is 0 Å². The Labute approximate surface area is 73.7 Å². The van der Waals surface area contributed by atoms with Gasteiger partial charge in [0.2, 0.25) is 0 Å². The number of nitrogens with zero attached hydrogens (tertiary/aromatic N) is 5. The highest BCUT2D eigenvalue weighted by molar-refractivity contribution is 5.84. The number of ether oxygens (including phenoxy) is 1. The topological polar surface area (TPSA) is 82.3 Å². The molecule has 7 nitrogen and oxygen atoms in total. The minimum atomic E-state index is -0.631. The van der Waals surface area contributed by atoms with Gasteiger partial charge in [-0.1, -0.05) is 15.3 Å². The van der Waals surface area contributed by atoms with Crippen LogP contribution in [0.4, 0.5) is 0 Å². The van der Waals surface area contributed by atoms with Crippen molar-refractivity contribution < 1.29 is 9.53 Å². The molecule has 13 heavy (non-hydrogen) atoms. The fourth-order valence-electron chi connectivity index (χ4n) is 0.590. The molecule has 0 atom stereocenters. The second-order valence-corrected chi connectivity index (χ2v) is 1.86. The molecule has 0 N–H and O–H groups in total. The van der Waals surface area contributed by atoms with Crippen molar-refractivity contribution in [2.45, 2.75) is 6.92 Å². The van der Waals surface area contributed by atoms with E-state index in [1.54, 1.807) is 6.92 Å². The third-order valence-corrected chi connectivity index (χ3v) is 1.02. The summed E-state index contributed by atoms with van der Waals surface area (Å²) in [6, 6.07) is 0. The number of hydrogen-bond acceptors (Lipinski definition) is 6. The molecule has 0 radical (unpaired) electrons. The van der Waals surface area contributed by atoms with Crippen molar-refractivity contribution in [2.75, 3.05) is 6.61 Å². The monoisotopic (exact) mass is 181 g/mol. The van der Waals surface area contributed by atoms with Crippen molar-refractivity contribution >= 4 is 11.8 Å². The summed E-state index contributed by atoms with van der Waals surface area (Å²) in [6.45, 7) is 5.16. The van der Waals surface area contributed by atoms with Crippen LogP contribution in [0.2, 0.25) is 0 Å². The standard InChI is InChI=1S/C6H7N5O2/c1-3-7-11-9-5(8-10-11)6(12)13-4-2/h1,4H2,2H3. The highest BCUT2D eigenvalue weighted by Gasteiger charge is 2.12. The molecule has 1 heterocycles. The number of carbonyl (C=O) groups is 1. The first-order valence-corrected chi connectivity index (χ1v) is 3.48. The summed E-state index contributed by atoms with van der Waals surface area (Å²) >= 11 is 0. The van der Waals surface area contributed by atoms with Crippen molar-refractivity contribution in [3.05, 3.63) is 12.4 Å². The van der Waals surface area contributed by atoms with E-state index in [0.717, 1.165) is 4.91 Å². The molecule has 0 fully saturated rings. The average molecular weight is 181 g/mol. The van der Waals surface area contributed by atoms with Crippen LogP contribution in [0.15, 0.2) is 11.7 Å². The number of carbonyl (C=O) groups excluding carboxylic acids is 1. The molecule has 0 aliphatic carbocycles. The van der Waals surface area contributed by atoms with Gasteiger partial charge >= 0.3 is 5.97 Å². The molecule has 0 aliphatic rings. The summed E-state index contributed by atoms with van der Waals surface area (Å²) in [7, 11) is 0. The lowest BCUT2D eigenvalue weighted by molar-refractivity contribution is 0.0511. The van der Waals surface area contributed by atoms with Crippen molar-refractivity contribution in [3.8, 4) is 0 Å². The fourth-order valence-corrected chi connectivity index (χ4v) is 0.590. The molecule has 0 aromatic carbocycles. The van der Waals surface area contributed by atoms with Gasteiger partial charge in [0.1, 0.15) is 0 Å². The molecule has 68 valence electrons. The Morgan fingerprint density at radius 3 is 3.23 bits per heavy atom. The van der Waals surface area contributed by atoms with E-state index < -0.39 is 5.97 Å². The molecule has 0 amide bonds. The van der Waals surface area contributed by atoms with Gasteiger partial charge in [0.15, 0.2) is 0 Å². The van der Waals surface area contributed by atoms with Gasteiger partial charge in [-0.15, -0.1) is 0 Å². The van der Waals surface area contributed by atoms with E-state index in [1.165, 1.54) is 0 Å². The van der Waals surface area contributed by atoms with E-state index in [-0.39, 0.29) is 12.4 Å². The summed E-state index contributed by atoms with van der Waals surface area (Å²) < 4.78 is 4.62. The zero-order chi connectivity index (χ0) is 9.68. The van der Waals surface area contributed by atoms with Gasteiger partial charge in [-0.3, -0.25) is 0 Å². The third kappa shape index (κ3) is 2.21. The molecular weight excluding hydrogens is 174 g/mol. The first kappa shape index (κ1) is 9.08. The Kier molecular flexibility index (Phi) is 2.88. The lowest BCUT2D eigenvalue weighted by Gasteiger charge is -1.93. The van der Waals surface area contributed by atoms with E-state index >= 15 is 0 Å². The second kappa shape index (κ2) is 4.13. The van der Waals surface area contributed by atoms with E-state index in [4.69, 9.17) is 0 Å². The number of tetrazole rings is 1. The first-order chi connectivity index (χ1) is 6.27. The zero-order valence-electron chi connectivity index (χ0n) is 6.97. The third-order valence-electron chi connectivity index (χ3n) is 1.02. The highest BCUT2D eigenvalue weighted by atomic mass is 16.5. The van der Waals surface area contributed by atoms with Gasteiger partial charge in [0.05, 0.1) is 6.61 Å². The minimum absolute atomic E-state index is 0.138. The largest absolute Gasteiger partial charge is 0.460 e. The molecule has 7 heteroatoms. The molecule has 1 aromatic heterocycles. The van der Waals surface area contributed by atoms with Crippen molar-refractivity contribution in [2.24, 2.45) is 5.10 Å². The summed E-state index contributed by atoms with van der Waals surface area (Å²) in [5, 5.41) is 13.8. The van der Waals surface area contributed by atoms with E-state index in [9.17, 15) is 4.79 Å². The van der Waals surface area contributed by atoms with Crippen LogP contribution < -0.4 is 0 Å². The number of aromatic nitrogens is 4. The summed E-state index contributed by atoms with van der Waals surface area (Å²) in [5.41, 5.74) is 0. The minimum Gasteiger partial charge on any atom is -0.460 e. The number of rotatable bonds is 3. The maximum absolute atomic E-state index is 11.0. The molecule has 1 aromatic rings. The Bertz CT molecular complexity index is 352. The summed E-state index contributed by atoms with van der Waals surface area (Å²) in [5.74, 6) is 1.42. The van der Waals surface area contributed by atoms with Crippen LogP contribution in [0.3, 0.4) is 0 Å². The predicted octanol–water partition coefficient (Wildman–Crippen LogP) is -0.531. The second-order valence-electron chi connectivity index (χ2n) is 1.86. The number of hydrogen-bond donors (Lipinski definition) is 0. The maximum atomic E-state index is 11.0. The molecule has 0 bridgehead atoms. The summed E-state index contributed by atoms with van der Waals surface area (Å²) in [6.07, 6.45) is 0. The van der Waals surface area contributed by atoms with Crippen molar-refractivity contribution in [3.63, 3.8) is 0 Å². The van der Waals surface area contributed by atoms with Gasteiger partial charge in [-0.05, 0) is 23.6 Å². The lowest BCUT2D eigenvalue weighted by Crippen LogP contribution is -2.07. The lowest BCUT2D eigenvalue weighted by atomic mass is 10.6. The van der Waals surface area contributed by atoms with Crippen LogP contribution in [0.5, 0.6) is 0 Å². The zero-order valence-corrected chi connectivity index (χ0v) is 6.97. The normalized spacial score (nSPS) is 9.00. The molecule has 0 saturated carbocycles. The van der Waals surface area contributed by atoms with Crippen LogP contribution in [0.1, 0.15) is 17.5 Å². The van der Waals surface area contributed by atoms with Crippen LogP contribution in [0, 0.1) is 0 Å². The highest BCUT2D eigenvalue weighted by Crippen LogP contribution is 1.90. The Hall–Kier alpha value is -2.01. The van der Waals surface area contributed by atoms with Crippen LogP contribution in [-0.4, -0.2) is 38.8 Å².